The van der Waals surface area contributed by atoms with Gasteiger partial charge in [-0.3, -0.25) is 13.9 Å². The smallest absolute Gasteiger partial charge is 0.243 e. The molecule has 10 heteroatoms. The quantitative estimate of drug-likeness (QED) is 0.393. The van der Waals surface area contributed by atoms with Gasteiger partial charge < -0.3 is 15.0 Å². The predicted molar refractivity (Wildman–Crippen MR) is 143 cm³/mol. The molecule has 0 aromatic heterocycles. The first-order valence-corrected chi connectivity index (χ1v) is 14.3. The van der Waals surface area contributed by atoms with Gasteiger partial charge in [-0.15, -0.1) is 0 Å². The Morgan fingerprint density at radius 2 is 1.65 bits per heavy atom. The molecule has 0 aliphatic heterocycles. The molecule has 2 rings (SSSR count). The number of ether oxygens (including phenoxy) is 1. The van der Waals surface area contributed by atoms with Gasteiger partial charge in [0.1, 0.15) is 17.6 Å². The van der Waals surface area contributed by atoms with Crippen molar-refractivity contribution in [3.05, 3.63) is 59.9 Å². The molecule has 204 valence electrons. The molecule has 0 bridgehead atoms. The van der Waals surface area contributed by atoms with Crippen LogP contribution in [0.1, 0.15) is 52.0 Å². The van der Waals surface area contributed by atoms with E-state index in [1.807, 2.05) is 20.8 Å². The van der Waals surface area contributed by atoms with Gasteiger partial charge in [0.15, 0.2) is 0 Å². The summed E-state index contributed by atoms with van der Waals surface area (Å²) in [5, 5.41) is 2.95. The van der Waals surface area contributed by atoms with Crippen molar-refractivity contribution in [3.63, 3.8) is 0 Å². The second-order valence-electron chi connectivity index (χ2n) is 9.03. The molecule has 0 aliphatic carbocycles. The number of carbonyl (C=O) groups excluding carboxylic acids is 2. The zero-order chi connectivity index (χ0) is 27.6. The topological polar surface area (TPSA) is 96.0 Å². The lowest BCUT2D eigenvalue weighted by Gasteiger charge is -2.32. The maximum Gasteiger partial charge on any atom is 0.243 e. The van der Waals surface area contributed by atoms with E-state index in [4.69, 9.17) is 4.74 Å². The molecule has 8 nitrogen and oxygen atoms in total. The van der Waals surface area contributed by atoms with Crippen LogP contribution < -0.4 is 14.4 Å². The summed E-state index contributed by atoms with van der Waals surface area (Å²) in [5.41, 5.74) is 1.17. The minimum absolute atomic E-state index is 0.0382. The first-order chi connectivity index (χ1) is 17.5. The normalized spacial score (nSPS) is 12.9. The Kier molecular flexibility index (Phi) is 11.4. The summed E-state index contributed by atoms with van der Waals surface area (Å²) in [5.74, 6) is -0.311. The molecule has 0 heterocycles. The summed E-state index contributed by atoms with van der Waals surface area (Å²) in [6.07, 6.45) is 2.56. The minimum Gasteiger partial charge on any atom is -0.497 e. The molecule has 2 aromatic rings. The van der Waals surface area contributed by atoms with Gasteiger partial charge in [0, 0.05) is 25.6 Å². The molecule has 1 N–H and O–H groups in total. The molecular formula is C27H38FN3O5S. The van der Waals surface area contributed by atoms with Gasteiger partial charge in [-0.05, 0) is 68.1 Å². The van der Waals surface area contributed by atoms with Gasteiger partial charge >= 0.3 is 0 Å². The van der Waals surface area contributed by atoms with Gasteiger partial charge in [-0.25, -0.2) is 12.8 Å². The molecular weight excluding hydrogens is 497 g/mol. The van der Waals surface area contributed by atoms with Crippen LogP contribution in [0.4, 0.5) is 10.1 Å². The van der Waals surface area contributed by atoms with Gasteiger partial charge in [0.05, 0.1) is 19.1 Å². The van der Waals surface area contributed by atoms with Gasteiger partial charge in [0.2, 0.25) is 21.8 Å². The number of carbonyl (C=O) groups is 2. The molecule has 0 saturated heterocycles. The summed E-state index contributed by atoms with van der Waals surface area (Å²) in [7, 11) is -2.06. The fourth-order valence-corrected chi connectivity index (χ4v) is 4.86. The van der Waals surface area contributed by atoms with E-state index in [1.165, 1.54) is 28.4 Å². The second kappa shape index (κ2) is 14.0. The van der Waals surface area contributed by atoms with Crippen molar-refractivity contribution >= 4 is 27.5 Å². The van der Waals surface area contributed by atoms with Crippen LogP contribution in [-0.4, -0.2) is 57.1 Å². The van der Waals surface area contributed by atoms with Gasteiger partial charge in [0.25, 0.3) is 0 Å². The zero-order valence-corrected chi connectivity index (χ0v) is 23.1. The molecule has 2 amide bonds. The van der Waals surface area contributed by atoms with E-state index in [0.717, 1.165) is 12.7 Å². The number of nitrogens with zero attached hydrogens (tertiary/aromatic N) is 2. The van der Waals surface area contributed by atoms with Crippen LogP contribution in [-0.2, 0) is 26.2 Å². The van der Waals surface area contributed by atoms with Crippen LogP contribution >= 0.6 is 0 Å². The summed E-state index contributed by atoms with van der Waals surface area (Å²) < 4.78 is 44.7. The average Bonchev–Trinajstić information content (AvgIpc) is 2.86. The van der Waals surface area contributed by atoms with Crippen molar-refractivity contribution in [2.45, 2.75) is 65.1 Å². The predicted octanol–water partition coefficient (Wildman–Crippen LogP) is 4.10. The number of methoxy groups -OCH3 is 1. The highest BCUT2D eigenvalue weighted by Crippen LogP contribution is 2.22. The Morgan fingerprint density at radius 3 is 2.16 bits per heavy atom. The van der Waals surface area contributed by atoms with Gasteiger partial charge in [-0.1, -0.05) is 26.0 Å². The first-order valence-electron chi connectivity index (χ1n) is 12.5. The maximum atomic E-state index is 13.4. The Labute approximate surface area is 219 Å². The van der Waals surface area contributed by atoms with Crippen molar-refractivity contribution in [2.24, 2.45) is 0 Å². The highest BCUT2D eigenvalue weighted by atomic mass is 32.2. The number of hydrogen-bond acceptors (Lipinski definition) is 5. The second-order valence-corrected chi connectivity index (χ2v) is 10.9. The minimum atomic E-state index is -3.59. The standard InChI is InChI=1S/C27H38FN3O5S/c1-6-20(3)29-27(33)25(7-2)30(19-21-10-12-22(28)13-11-21)26(32)9-8-18-31(37(5,34)35)23-14-16-24(36-4)17-15-23/h10-17,20,25H,6-9,18-19H2,1-5H3,(H,29,33)/t20-,25-/m1/s1. The van der Waals surface area contributed by atoms with Gasteiger partial charge in [-0.2, -0.15) is 0 Å². The molecule has 37 heavy (non-hydrogen) atoms. The molecule has 0 fully saturated rings. The lowest BCUT2D eigenvalue weighted by Crippen LogP contribution is -2.50. The number of sulfonamides is 1. The number of halogens is 1. The third kappa shape index (κ3) is 9.03. The average molecular weight is 536 g/mol. The van der Waals surface area contributed by atoms with E-state index in [0.29, 0.717) is 23.4 Å². The molecule has 0 radical (unpaired) electrons. The van der Waals surface area contributed by atoms with Crippen LogP contribution in [0.5, 0.6) is 5.75 Å². The molecule has 2 aromatic carbocycles. The Morgan fingerprint density at radius 1 is 1.03 bits per heavy atom. The van der Waals surface area contributed by atoms with Crippen molar-refractivity contribution < 1.29 is 27.1 Å². The molecule has 0 unspecified atom stereocenters. The monoisotopic (exact) mass is 535 g/mol. The lowest BCUT2D eigenvalue weighted by atomic mass is 10.1. The fourth-order valence-electron chi connectivity index (χ4n) is 3.90. The number of rotatable bonds is 14. The van der Waals surface area contributed by atoms with Crippen LogP contribution in [0.3, 0.4) is 0 Å². The van der Waals surface area contributed by atoms with Crippen LogP contribution in [0.15, 0.2) is 48.5 Å². The maximum absolute atomic E-state index is 13.4. The number of amides is 2. The third-order valence-corrected chi connectivity index (χ3v) is 7.36. The summed E-state index contributed by atoms with van der Waals surface area (Å²) >= 11 is 0. The molecule has 0 saturated carbocycles. The van der Waals surface area contributed by atoms with E-state index in [9.17, 15) is 22.4 Å². The first kappa shape index (κ1) is 30.1. The van der Waals surface area contributed by atoms with Crippen molar-refractivity contribution in [2.75, 3.05) is 24.2 Å². The van der Waals surface area contributed by atoms with E-state index >= 15 is 0 Å². The van der Waals surface area contributed by atoms with Crippen LogP contribution in [0.25, 0.3) is 0 Å². The number of anilines is 1. The molecule has 2 atom stereocenters. The van der Waals surface area contributed by atoms with E-state index in [2.05, 4.69) is 5.32 Å². The fraction of sp³-hybridized carbons (Fsp3) is 0.481. The Balaban J connectivity index is 2.21. The highest BCUT2D eigenvalue weighted by molar-refractivity contribution is 7.92. The van der Waals surface area contributed by atoms with Crippen molar-refractivity contribution in [3.8, 4) is 5.75 Å². The number of nitrogens with one attached hydrogen (secondary N) is 1. The number of benzene rings is 2. The molecule has 0 spiro atoms. The van der Waals surface area contributed by atoms with Crippen molar-refractivity contribution in [1.82, 2.24) is 10.2 Å². The third-order valence-electron chi connectivity index (χ3n) is 6.17. The molecule has 0 aliphatic rings. The summed E-state index contributed by atoms with van der Waals surface area (Å²) in [6, 6.07) is 11.7. The number of hydrogen-bond donors (Lipinski definition) is 1. The highest BCUT2D eigenvalue weighted by Gasteiger charge is 2.29. The van der Waals surface area contributed by atoms with Crippen LogP contribution in [0.2, 0.25) is 0 Å². The Hall–Kier alpha value is -3.14. The van der Waals surface area contributed by atoms with E-state index < -0.39 is 16.1 Å². The lowest BCUT2D eigenvalue weighted by molar-refractivity contribution is -0.141. The largest absolute Gasteiger partial charge is 0.497 e. The summed E-state index contributed by atoms with van der Waals surface area (Å²) in [4.78, 5) is 27.9. The van der Waals surface area contributed by atoms with E-state index in [1.54, 1.807) is 36.4 Å². The van der Waals surface area contributed by atoms with Crippen molar-refractivity contribution in [1.29, 1.82) is 0 Å². The SMILES string of the molecule is CC[C@@H](C)NC(=O)[C@@H](CC)N(Cc1ccc(F)cc1)C(=O)CCCN(c1ccc(OC)cc1)S(C)(=O)=O. The summed E-state index contributed by atoms with van der Waals surface area (Å²) in [6.45, 7) is 5.93. The Bertz CT molecular complexity index is 1120. The van der Waals surface area contributed by atoms with Crippen LogP contribution in [0, 0.1) is 5.82 Å². The zero-order valence-electron chi connectivity index (χ0n) is 22.2. The van der Waals surface area contributed by atoms with E-state index in [-0.39, 0.29) is 49.6 Å².